The van der Waals surface area contributed by atoms with E-state index in [-0.39, 0.29) is 11.3 Å². The van der Waals surface area contributed by atoms with E-state index in [9.17, 15) is 13.2 Å². The third-order valence-electron chi connectivity index (χ3n) is 1.78. The van der Waals surface area contributed by atoms with E-state index in [0.717, 1.165) is 6.08 Å². The van der Waals surface area contributed by atoms with Gasteiger partial charge in [0.15, 0.2) is 0 Å². The smallest absolute Gasteiger partial charge is 0.420 e. The van der Waals surface area contributed by atoms with Crippen molar-refractivity contribution in [3.8, 4) is 5.75 Å². The van der Waals surface area contributed by atoms with Crippen LogP contribution in [0, 0.1) is 0 Å². The Labute approximate surface area is 79.8 Å². The molecule has 0 radical (unpaired) electrons. The molecule has 0 aliphatic carbocycles. The molecule has 0 unspecified atom stereocenters. The summed E-state index contributed by atoms with van der Waals surface area (Å²) in [6.45, 7) is 3.32. The average Bonchev–Trinajstić information content (AvgIpc) is 2.15. The first-order valence-corrected chi connectivity index (χ1v) is 3.87. The van der Waals surface area contributed by atoms with Crippen molar-refractivity contribution in [1.82, 2.24) is 0 Å². The number of halogens is 3. The Hall–Kier alpha value is -1.45. The van der Waals surface area contributed by atoms with Crippen molar-refractivity contribution in [2.45, 2.75) is 6.18 Å². The van der Waals surface area contributed by atoms with Crippen molar-refractivity contribution < 1.29 is 17.9 Å². The second kappa shape index (κ2) is 3.74. The first-order valence-electron chi connectivity index (χ1n) is 3.87. The van der Waals surface area contributed by atoms with Gasteiger partial charge in [0.2, 0.25) is 0 Å². The number of rotatable bonds is 2. The Bertz CT molecular complexity index is 342. The molecule has 0 fully saturated rings. The molecule has 76 valence electrons. The van der Waals surface area contributed by atoms with Gasteiger partial charge in [0.25, 0.3) is 0 Å². The number of alkyl halides is 3. The van der Waals surface area contributed by atoms with Gasteiger partial charge in [0.05, 0.1) is 7.11 Å². The maximum Gasteiger partial charge on any atom is 0.420 e. The quantitative estimate of drug-likeness (QED) is 0.714. The molecule has 0 heterocycles. The molecular weight excluding hydrogens is 193 g/mol. The van der Waals surface area contributed by atoms with Crippen LogP contribution in [-0.4, -0.2) is 7.11 Å². The van der Waals surface area contributed by atoms with E-state index in [1.54, 1.807) is 0 Å². The molecule has 1 rings (SSSR count). The zero-order chi connectivity index (χ0) is 10.8. The predicted octanol–water partition coefficient (Wildman–Crippen LogP) is 3.36. The highest BCUT2D eigenvalue weighted by molar-refractivity contribution is 5.57. The Morgan fingerprint density at radius 2 is 2.00 bits per heavy atom. The molecule has 0 atom stereocenters. The molecule has 1 nitrogen and oxygen atoms in total. The summed E-state index contributed by atoms with van der Waals surface area (Å²) in [7, 11) is 1.21. The Morgan fingerprint density at radius 3 is 2.43 bits per heavy atom. The molecule has 0 N–H and O–H groups in total. The fourth-order valence-electron chi connectivity index (χ4n) is 1.19. The van der Waals surface area contributed by atoms with E-state index in [1.807, 2.05) is 0 Å². The van der Waals surface area contributed by atoms with Gasteiger partial charge < -0.3 is 4.74 Å². The van der Waals surface area contributed by atoms with Crippen LogP contribution in [0.2, 0.25) is 0 Å². The SMILES string of the molecule is C=Cc1cccc(OC)c1C(F)(F)F. The third kappa shape index (κ3) is 1.89. The topological polar surface area (TPSA) is 9.23 Å². The Balaban J connectivity index is 3.41. The highest BCUT2D eigenvalue weighted by atomic mass is 19.4. The number of hydrogen-bond donors (Lipinski definition) is 0. The molecule has 1 aromatic rings. The van der Waals surface area contributed by atoms with Crippen LogP contribution in [0.25, 0.3) is 6.08 Å². The standard InChI is InChI=1S/C10H9F3O/c1-3-7-5-4-6-8(14-2)9(7)10(11,12)13/h3-6H,1H2,2H3. The fourth-order valence-corrected chi connectivity index (χ4v) is 1.19. The summed E-state index contributed by atoms with van der Waals surface area (Å²) in [5, 5.41) is 0. The zero-order valence-electron chi connectivity index (χ0n) is 7.56. The van der Waals surface area contributed by atoms with Crippen LogP contribution >= 0.6 is 0 Å². The highest BCUT2D eigenvalue weighted by Gasteiger charge is 2.36. The molecule has 0 spiro atoms. The number of ether oxygens (including phenoxy) is 1. The molecule has 1 aromatic carbocycles. The van der Waals surface area contributed by atoms with Crippen LogP contribution < -0.4 is 4.74 Å². The summed E-state index contributed by atoms with van der Waals surface area (Å²) in [5.41, 5.74) is -0.755. The van der Waals surface area contributed by atoms with Gasteiger partial charge in [-0.05, 0) is 11.6 Å². The van der Waals surface area contributed by atoms with Crippen LogP contribution in [0.1, 0.15) is 11.1 Å². The van der Waals surface area contributed by atoms with Crippen LogP contribution in [0.4, 0.5) is 13.2 Å². The van der Waals surface area contributed by atoms with E-state index < -0.39 is 11.7 Å². The minimum atomic E-state index is -4.42. The van der Waals surface area contributed by atoms with Gasteiger partial charge >= 0.3 is 6.18 Å². The lowest BCUT2D eigenvalue weighted by Gasteiger charge is -2.14. The molecule has 0 aromatic heterocycles. The van der Waals surface area contributed by atoms with E-state index in [1.165, 1.54) is 25.3 Å². The highest BCUT2D eigenvalue weighted by Crippen LogP contribution is 2.38. The van der Waals surface area contributed by atoms with Crippen LogP contribution in [0.3, 0.4) is 0 Å². The molecule has 14 heavy (non-hydrogen) atoms. The summed E-state index contributed by atoms with van der Waals surface area (Å²) in [4.78, 5) is 0. The van der Waals surface area contributed by atoms with Crippen LogP contribution in [0.5, 0.6) is 5.75 Å². The largest absolute Gasteiger partial charge is 0.496 e. The van der Waals surface area contributed by atoms with E-state index >= 15 is 0 Å². The van der Waals surface area contributed by atoms with Gasteiger partial charge in [-0.25, -0.2) is 0 Å². The van der Waals surface area contributed by atoms with Crippen LogP contribution in [-0.2, 0) is 6.18 Å². The summed E-state index contributed by atoms with van der Waals surface area (Å²) in [6.07, 6.45) is -3.26. The summed E-state index contributed by atoms with van der Waals surface area (Å²) in [5.74, 6) is -0.185. The average molecular weight is 202 g/mol. The predicted molar refractivity (Wildman–Crippen MR) is 48.1 cm³/mol. The molecule has 0 aliphatic rings. The lowest BCUT2D eigenvalue weighted by molar-refractivity contribution is -0.138. The normalized spacial score (nSPS) is 11.1. The minimum absolute atomic E-state index is 0.0249. The van der Waals surface area contributed by atoms with Crippen molar-refractivity contribution in [3.05, 3.63) is 35.9 Å². The molecule has 0 aliphatic heterocycles. The number of benzene rings is 1. The van der Waals surface area contributed by atoms with Crippen LogP contribution in [0.15, 0.2) is 24.8 Å². The lowest BCUT2D eigenvalue weighted by Crippen LogP contribution is -2.09. The second-order valence-electron chi connectivity index (χ2n) is 2.63. The third-order valence-corrected chi connectivity index (χ3v) is 1.78. The van der Waals surface area contributed by atoms with E-state index in [0.29, 0.717) is 0 Å². The first-order chi connectivity index (χ1) is 6.50. The monoisotopic (exact) mass is 202 g/mol. The maximum absolute atomic E-state index is 12.6. The molecular formula is C10H9F3O. The first kappa shape index (κ1) is 10.6. The number of hydrogen-bond acceptors (Lipinski definition) is 1. The molecule has 0 saturated heterocycles. The van der Waals surface area contributed by atoms with Gasteiger partial charge in [0, 0.05) is 0 Å². The zero-order valence-corrected chi connectivity index (χ0v) is 7.56. The molecule has 0 bridgehead atoms. The van der Waals surface area contributed by atoms with Gasteiger partial charge in [-0.1, -0.05) is 24.8 Å². The van der Waals surface area contributed by atoms with Crippen molar-refractivity contribution in [1.29, 1.82) is 0 Å². The summed E-state index contributed by atoms with van der Waals surface area (Å²) < 4.78 is 42.3. The van der Waals surface area contributed by atoms with Crippen molar-refractivity contribution in [3.63, 3.8) is 0 Å². The summed E-state index contributed by atoms with van der Waals surface area (Å²) >= 11 is 0. The molecule has 0 saturated carbocycles. The van der Waals surface area contributed by atoms with Gasteiger partial charge in [-0.15, -0.1) is 0 Å². The minimum Gasteiger partial charge on any atom is -0.496 e. The lowest BCUT2D eigenvalue weighted by atomic mass is 10.1. The fraction of sp³-hybridized carbons (Fsp3) is 0.200. The van der Waals surface area contributed by atoms with Crippen molar-refractivity contribution in [2.24, 2.45) is 0 Å². The van der Waals surface area contributed by atoms with Crippen molar-refractivity contribution >= 4 is 6.08 Å². The Kier molecular flexibility index (Phi) is 2.84. The Morgan fingerprint density at radius 1 is 1.36 bits per heavy atom. The van der Waals surface area contributed by atoms with E-state index in [4.69, 9.17) is 0 Å². The second-order valence-corrected chi connectivity index (χ2v) is 2.63. The van der Waals surface area contributed by atoms with E-state index in [2.05, 4.69) is 11.3 Å². The molecule has 4 heteroatoms. The van der Waals surface area contributed by atoms with Gasteiger partial charge in [-0.2, -0.15) is 13.2 Å². The maximum atomic E-state index is 12.6. The van der Waals surface area contributed by atoms with Crippen molar-refractivity contribution in [2.75, 3.05) is 7.11 Å². The van der Waals surface area contributed by atoms with Gasteiger partial charge in [0.1, 0.15) is 11.3 Å². The van der Waals surface area contributed by atoms with Gasteiger partial charge in [-0.3, -0.25) is 0 Å². The number of methoxy groups -OCH3 is 1. The summed E-state index contributed by atoms with van der Waals surface area (Å²) in [6, 6.07) is 4.11. The molecule has 0 amide bonds.